The van der Waals surface area contributed by atoms with Gasteiger partial charge in [-0.1, -0.05) is 6.92 Å². The van der Waals surface area contributed by atoms with Gasteiger partial charge in [0, 0.05) is 12.3 Å². The van der Waals surface area contributed by atoms with Crippen molar-refractivity contribution in [1.29, 1.82) is 0 Å². The SMILES string of the molecule is CCc1cnc(OC)c([N+](=O)[O-])c1. The van der Waals surface area contributed by atoms with E-state index in [1.54, 1.807) is 6.20 Å². The van der Waals surface area contributed by atoms with E-state index in [0.29, 0.717) is 0 Å². The Hall–Kier alpha value is -1.65. The minimum Gasteiger partial charge on any atom is -0.476 e. The average Bonchev–Trinajstić information content (AvgIpc) is 2.16. The Labute approximate surface area is 75.5 Å². The lowest BCUT2D eigenvalue weighted by Gasteiger charge is -2.01. The van der Waals surface area contributed by atoms with E-state index in [1.165, 1.54) is 13.2 Å². The Kier molecular flexibility index (Phi) is 2.79. The molecule has 0 spiro atoms. The summed E-state index contributed by atoms with van der Waals surface area (Å²) in [6.45, 7) is 1.91. The fourth-order valence-corrected chi connectivity index (χ4v) is 0.964. The highest BCUT2D eigenvalue weighted by atomic mass is 16.6. The van der Waals surface area contributed by atoms with Crippen molar-refractivity contribution in [2.45, 2.75) is 13.3 Å². The van der Waals surface area contributed by atoms with Crippen molar-refractivity contribution in [2.24, 2.45) is 0 Å². The first-order chi connectivity index (χ1) is 6.19. The fourth-order valence-electron chi connectivity index (χ4n) is 0.964. The van der Waals surface area contributed by atoms with Gasteiger partial charge in [0.05, 0.1) is 12.0 Å². The summed E-state index contributed by atoms with van der Waals surface area (Å²) in [4.78, 5) is 13.9. The molecule has 70 valence electrons. The molecular weight excluding hydrogens is 172 g/mol. The third kappa shape index (κ3) is 1.93. The Balaban J connectivity index is 3.18. The highest BCUT2D eigenvalue weighted by Crippen LogP contribution is 2.24. The second-order valence-electron chi connectivity index (χ2n) is 2.48. The monoisotopic (exact) mass is 182 g/mol. The molecule has 0 bridgehead atoms. The second kappa shape index (κ2) is 3.84. The van der Waals surface area contributed by atoms with E-state index in [1.807, 2.05) is 6.92 Å². The van der Waals surface area contributed by atoms with Gasteiger partial charge in [0.1, 0.15) is 0 Å². The van der Waals surface area contributed by atoms with Crippen LogP contribution in [-0.2, 0) is 6.42 Å². The molecule has 0 saturated carbocycles. The third-order valence-electron chi connectivity index (χ3n) is 1.69. The van der Waals surface area contributed by atoms with Crippen LogP contribution in [0.3, 0.4) is 0 Å². The van der Waals surface area contributed by atoms with E-state index in [4.69, 9.17) is 4.74 Å². The standard InChI is InChI=1S/C8H10N2O3/c1-3-6-4-7(10(11)12)8(13-2)9-5-6/h4-5H,3H2,1-2H3. The first-order valence-electron chi connectivity index (χ1n) is 3.86. The Bertz CT molecular complexity index is 325. The molecule has 13 heavy (non-hydrogen) atoms. The molecule has 0 aromatic carbocycles. The number of rotatable bonds is 3. The van der Waals surface area contributed by atoms with Crippen molar-refractivity contribution in [3.05, 3.63) is 27.9 Å². The van der Waals surface area contributed by atoms with Crippen LogP contribution in [0.1, 0.15) is 12.5 Å². The van der Waals surface area contributed by atoms with Gasteiger partial charge < -0.3 is 4.74 Å². The Morgan fingerprint density at radius 3 is 2.85 bits per heavy atom. The number of nitrogens with zero attached hydrogens (tertiary/aromatic N) is 2. The van der Waals surface area contributed by atoms with Gasteiger partial charge in [-0.2, -0.15) is 0 Å². The van der Waals surface area contributed by atoms with Gasteiger partial charge in [0.15, 0.2) is 0 Å². The second-order valence-corrected chi connectivity index (χ2v) is 2.48. The van der Waals surface area contributed by atoms with Gasteiger partial charge in [-0.15, -0.1) is 0 Å². The zero-order valence-electron chi connectivity index (χ0n) is 7.48. The highest BCUT2D eigenvalue weighted by molar-refractivity contribution is 5.42. The molecule has 1 rings (SSSR count). The van der Waals surface area contributed by atoms with Crippen LogP contribution < -0.4 is 4.74 Å². The normalized spacial score (nSPS) is 9.69. The summed E-state index contributed by atoms with van der Waals surface area (Å²) in [5.74, 6) is 0.0576. The summed E-state index contributed by atoms with van der Waals surface area (Å²) in [5, 5.41) is 10.5. The molecule has 0 N–H and O–H groups in total. The Morgan fingerprint density at radius 2 is 2.38 bits per heavy atom. The van der Waals surface area contributed by atoms with Crippen LogP contribution >= 0.6 is 0 Å². The van der Waals surface area contributed by atoms with Crippen molar-refractivity contribution in [2.75, 3.05) is 7.11 Å². The summed E-state index contributed by atoms with van der Waals surface area (Å²) in [6.07, 6.45) is 2.30. The summed E-state index contributed by atoms with van der Waals surface area (Å²) in [6, 6.07) is 1.48. The maximum absolute atomic E-state index is 10.5. The van der Waals surface area contributed by atoms with Crippen molar-refractivity contribution in [3.63, 3.8) is 0 Å². The summed E-state index contributed by atoms with van der Waals surface area (Å²) in [7, 11) is 1.36. The quantitative estimate of drug-likeness (QED) is 0.525. The first kappa shape index (κ1) is 9.44. The van der Waals surface area contributed by atoms with Crippen molar-refractivity contribution >= 4 is 5.69 Å². The maximum atomic E-state index is 10.5. The van der Waals surface area contributed by atoms with E-state index in [2.05, 4.69) is 4.98 Å². The zero-order chi connectivity index (χ0) is 9.84. The third-order valence-corrected chi connectivity index (χ3v) is 1.69. The fraction of sp³-hybridized carbons (Fsp3) is 0.375. The van der Waals surface area contributed by atoms with E-state index < -0.39 is 4.92 Å². The zero-order valence-corrected chi connectivity index (χ0v) is 7.48. The predicted octanol–water partition coefficient (Wildman–Crippen LogP) is 1.56. The van der Waals surface area contributed by atoms with Gasteiger partial charge >= 0.3 is 5.69 Å². The number of ether oxygens (including phenoxy) is 1. The molecule has 1 aromatic heterocycles. The smallest absolute Gasteiger partial charge is 0.331 e. The first-order valence-corrected chi connectivity index (χ1v) is 3.86. The largest absolute Gasteiger partial charge is 0.476 e. The molecule has 1 heterocycles. The van der Waals surface area contributed by atoms with Gasteiger partial charge in [-0.25, -0.2) is 4.98 Å². The summed E-state index contributed by atoms with van der Waals surface area (Å²) >= 11 is 0. The summed E-state index contributed by atoms with van der Waals surface area (Å²) in [5.41, 5.74) is 0.745. The highest BCUT2D eigenvalue weighted by Gasteiger charge is 2.15. The molecule has 5 nitrogen and oxygen atoms in total. The van der Waals surface area contributed by atoms with Crippen LogP contribution in [0.2, 0.25) is 0 Å². The molecule has 0 aliphatic rings. The molecule has 0 fully saturated rings. The van der Waals surface area contributed by atoms with Gasteiger partial charge in [-0.05, 0) is 12.0 Å². The van der Waals surface area contributed by atoms with Gasteiger partial charge in [0.2, 0.25) is 0 Å². The number of pyridine rings is 1. The average molecular weight is 182 g/mol. The number of methoxy groups -OCH3 is 1. The van der Waals surface area contributed by atoms with Crippen LogP contribution in [0.15, 0.2) is 12.3 Å². The molecule has 0 atom stereocenters. The van der Waals surface area contributed by atoms with Crippen LogP contribution in [0.4, 0.5) is 5.69 Å². The molecule has 0 aliphatic heterocycles. The van der Waals surface area contributed by atoms with Crippen LogP contribution in [0, 0.1) is 10.1 Å². The maximum Gasteiger partial charge on any atom is 0.331 e. The van der Waals surface area contributed by atoms with Crippen LogP contribution in [-0.4, -0.2) is 17.0 Å². The lowest BCUT2D eigenvalue weighted by Crippen LogP contribution is -1.97. The predicted molar refractivity (Wildman–Crippen MR) is 46.8 cm³/mol. The van der Waals surface area contributed by atoms with E-state index >= 15 is 0 Å². The minimum atomic E-state index is -0.495. The Morgan fingerprint density at radius 1 is 1.69 bits per heavy atom. The van der Waals surface area contributed by atoms with E-state index in [0.717, 1.165) is 12.0 Å². The lowest BCUT2D eigenvalue weighted by atomic mass is 10.2. The molecular formula is C8H10N2O3. The van der Waals surface area contributed by atoms with Gasteiger partial charge in [0.25, 0.3) is 5.88 Å². The van der Waals surface area contributed by atoms with Crippen molar-refractivity contribution in [1.82, 2.24) is 4.98 Å². The molecule has 0 unspecified atom stereocenters. The number of aryl methyl sites for hydroxylation is 1. The van der Waals surface area contributed by atoms with Gasteiger partial charge in [-0.3, -0.25) is 10.1 Å². The van der Waals surface area contributed by atoms with Crippen LogP contribution in [0.5, 0.6) is 5.88 Å². The van der Waals surface area contributed by atoms with Crippen molar-refractivity contribution < 1.29 is 9.66 Å². The number of hydrogen-bond donors (Lipinski definition) is 0. The number of hydrogen-bond acceptors (Lipinski definition) is 4. The molecule has 0 radical (unpaired) electrons. The summed E-state index contributed by atoms with van der Waals surface area (Å²) < 4.78 is 4.75. The van der Waals surface area contributed by atoms with Crippen LogP contribution in [0.25, 0.3) is 0 Å². The van der Waals surface area contributed by atoms with E-state index in [-0.39, 0.29) is 11.6 Å². The van der Waals surface area contributed by atoms with E-state index in [9.17, 15) is 10.1 Å². The van der Waals surface area contributed by atoms with Crippen molar-refractivity contribution in [3.8, 4) is 5.88 Å². The molecule has 0 amide bonds. The lowest BCUT2D eigenvalue weighted by molar-refractivity contribution is -0.386. The number of aromatic nitrogens is 1. The molecule has 0 aliphatic carbocycles. The minimum absolute atomic E-state index is 0.0576. The topological polar surface area (TPSA) is 65.3 Å². The molecule has 5 heteroatoms. The number of nitro groups is 1. The molecule has 0 saturated heterocycles. The molecule has 1 aromatic rings.